The molecule has 11 nitrogen and oxygen atoms in total. The summed E-state index contributed by atoms with van der Waals surface area (Å²) in [5, 5.41) is 9.06. The summed E-state index contributed by atoms with van der Waals surface area (Å²) in [7, 11) is 0. The summed E-state index contributed by atoms with van der Waals surface area (Å²) in [4.78, 5) is 47.8. The Morgan fingerprint density at radius 2 is 0.887 bits per heavy atom. The van der Waals surface area contributed by atoms with E-state index in [0.717, 1.165) is 34.7 Å². The Hall–Kier alpha value is -6.62. The third-order valence-corrected chi connectivity index (χ3v) is 7.54. The quantitative estimate of drug-likeness (QED) is 0.0249. The van der Waals surface area contributed by atoms with Crippen molar-refractivity contribution in [2.75, 3.05) is 13.2 Å². The van der Waals surface area contributed by atoms with Crippen LogP contribution in [0.15, 0.2) is 133 Å². The lowest BCUT2D eigenvalue weighted by atomic mass is 10.1. The number of esters is 4. The normalized spacial score (nSPS) is 11.2. The predicted molar refractivity (Wildman–Crippen MR) is 201 cm³/mol. The third-order valence-electron chi connectivity index (χ3n) is 7.54. The van der Waals surface area contributed by atoms with E-state index in [0.29, 0.717) is 67.3 Å². The Morgan fingerprint density at radius 3 is 1.30 bits per heavy atom. The average Bonchev–Trinajstić information content (AvgIpc) is 3.19. The van der Waals surface area contributed by atoms with Crippen LogP contribution in [-0.4, -0.2) is 48.5 Å². The molecule has 272 valence electrons. The fourth-order valence-electron chi connectivity index (χ4n) is 4.68. The maximum atomic E-state index is 12.8. The zero-order valence-electron chi connectivity index (χ0n) is 29.6. The van der Waals surface area contributed by atoms with Gasteiger partial charge in [-0.1, -0.05) is 27.0 Å². The predicted octanol–water partition coefficient (Wildman–Crippen LogP) is 8.12. The minimum absolute atomic E-state index is 0.288. The first-order valence-corrected chi connectivity index (χ1v) is 17.0. The van der Waals surface area contributed by atoms with Gasteiger partial charge in [-0.05, 0) is 134 Å². The highest BCUT2D eigenvalue weighted by atomic mass is 16.5. The molecule has 0 heterocycles. The van der Waals surface area contributed by atoms with Gasteiger partial charge in [0, 0.05) is 12.2 Å². The van der Waals surface area contributed by atoms with E-state index < -0.39 is 23.9 Å². The fourth-order valence-corrected chi connectivity index (χ4v) is 4.68. The molecule has 0 N–H and O–H groups in total. The Morgan fingerprint density at radius 1 is 0.509 bits per heavy atom. The summed E-state index contributed by atoms with van der Waals surface area (Å²) in [6, 6.07) is 26.7. The third kappa shape index (κ3) is 12.3. The highest BCUT2D eigenvalue weighted by molar-refractivity contribution is 6.03. The minimum atomic E-state index is -0.593. The first-order chi connectivity index (χ1) is 25.7. The molecular formula is C42H40N2O9. The van der Waals surface area contributed by atoms with Crippen molar-refractivity contribution in [3.8, 4) is 23.0 Å². The first kappa shape index (κ1) is 39.2. The minimum Gasteiger partial charge on any atom is -0.494 e. The van der Waals surface area contributed by atoms with Crippen LogP contribution in [0.4, 0.5) is 0 Å². The van der Waals surface area contributed by atoms with Crippen molar-refractivity contribution in [2.24, 2.45) is 10.2 Å². The lowest BCUT2D eigenvalue weighted by molar-refractivity contribution is -0.138. The van der Waals surface area contributed by atoms with Crippen LogP contribution in [0.5, 0.6) is 23.0 Å². The zero-order chi connectivity index (χ0) is 38.0. The van der Waals surface area contributed by atoms with Gasteiger partial charge in [-0.3, -0.25) is 0 Å². The first-order valence-electron chi connectivity index (χ1n) is 17.0. The van der Waals surface area contributed by atoms with E-state index in [9.17, 15) is 19.2 Å². The Kier molecular flexibility index (Phi) is 15.0. The highest BCUT2D eigenvalue weighted by Crippen LogP contribution is 2.20. The summed E-state index contributed by atoms with van der Waals surface area (Å²) in [5.41, 5.74) is 3.82. The van der Waals surface area contributed by atoms with Crippen molar-refractivity contribution in [1.82, 2.24) is 0 Å². The van der Waals surface area contributed by atoms with Crippen LogP contribution in [0, 0.1) is 0 Å². The lowest BCUT2D eigenvalue weighted by Crippen LogP contribution is -2.09. The van der Waals surface area contributed by atoms with E-state index in [-0.39, 0.29) is 5.75 Å². The van der Waals surface area contributed by atoms with Crippen molar-refractivity contribution in [3.05, 3.63) is 145 Å². The Bertz CT molecular complexity index is 1950. The lowest BCUT2D eigenvalue weighted by Gasteiger charge is -2.09. The molecule has 0 aliphatic carbocycles. The molecule has 0 saturated carbocycles. The van der Waals surface area contributed by atoms with Gasteiger partial charge in [-0.25, -0.2) is 19.2 Å². The second kappa shape index (κ2) is 20.3. The molecule has 0 spiro atoms. The summed E-state index contributed by atoms with van der Waals surface area (Å²) < 4.78 is 26.7. The monoisotopic (exact) mass is 716 g/mol. The molecule has 0 aliphatic heterocycles. The molecule has 11 heteroatoms. The number of hydrogen-bond acceptors (Lipinski definition) is 11. The summed E-state index contributed by atoms with van der Waals surface area (Å²) >= 11 is 0. The maximum Gasteiger partial charge on any atom is 0.343 e. The Labute approximate surface area is 308 Å². The molecule has 0 unspecified atom stereocenters. The van der Waals surface area contributed by atoms with E-state index in [1.54, 1.807) is 48.5 Å². The van der Waals surface area contributed by atoms with Crippen LogP contribution in [0.25, 0.3) is 0 Å². The largest absolute Gasteiger partial charge is 0.494 e. The van der Waals surface area contributed by atoms with Crippen LogP contribution in [0.1, 0.15) is 71.4 Å². The van der Waals surface area contributed by atoms with Gasteiger partial charge in [0.25, 0.3) is 0 Å². The van der Waals surface area contributed by atoms with Gasteiger partial charge in [0.05, 0.1) is 35.8 Å². The number of hydrogen-bond donors (Lipinski definition) is 0. The summed E-state index contributed by atoms with van der Waals surface area (Å²) in [6.07, 6.45) is 4.77. The van der Waals surface area contributed by atoms with Crippen LogP contribution >= 0.6 is 0 Å². The summed E-state index contributed by atoms with van der Waals surface area (Å²) in [6.45, 7) is 11.4. The maximum absolute atomic E-state index is 12.8. The van der Waals surface area contributed by atoms with E-state index in [1.165, 1.54) is 24.3 Å². The van der Waals surface area contributed by atoms with Crippen LogP contribution in [0.3, 0.4) is 0 Å². The fraction of sp³-hybridized carbons (Fsp3) is 0.190. The zero-order valence-corrected chi connectivity index (χ0v) is 29.6. The molecule has 4 aromatic carbocycles. The molecule has 0 bridgehead atoms. The van der Waals surface area contributed by atoms with Crippen molar-refractivity contribution < 1.29 is 42.9 Å². The van der Waals surface area contributed by atoms with Gasteiger partial charge >= 0.3 is 23.9 Å². The van der Waals surface area contributed by atoms with Gasteiger partial charge in [0.15, 0.2) is 0 Å². The van der Waals surface area contributed by atoms with Crippen molar-refractivity contribution in [2.45, 2.75) is 39.5 Å². The van der Waals surface area contributed by atoms with Gasteiger partial charge < -0.3 is 23.7 Å². The number of benzene rings is 4. The molecule has 0 saturated heterocycles. The van der Waals surface area contributed by atoms with Crippen LogP contribution < -0.4 is 18.9 Å². The molecular weight excluding hydrogens is 676 g/mol. The van der Waals surface area contributed by atoms with E-state index >= 15 is 0 Å². The number of ether oxygens (including phenoxy) is 5. The molecule has 0 aliphatic rings. The molecule has 0 radical (unpaired) electrons. The second-order valence-corrected chi connectivity index (χ2v) is 11.2. The molecule has 4 aromatic rings. The summed E-state index contributed by atoms with van der Waals surface area (Å²) in [5.74, 6) is -0.454. The molecule has 4 rings (SSSR count). The highest BCUT2D eigenvalue weighted by Gasteiger charge is 2.12. The van der Waals surface area contributed by atoms with Crippen molar-refractivity contribution >= 4 is 35.3 Å². The SMILES string of the molecule is C=CC(=O)OCCCCOc1ccc(C(=O)Oc2ccc(/C(CC)=N/N=C(\CC)c3ccc(OC(=O)c4ccc(OC(=O)C=C)cc4)cc3)cc2)cc1. The van der Waals surface area contributed by atoms with Crippen LogP contribution in [-0.2, 0) is 14.3 Å². The topological polar surface area (TPSA) is 139 Å². The van der Waals surface area contributed by atoms with Crippen LogP contribution in [0.2, 0.25) is 0 Å². The van der Waals surface area contributed by atoms with Gasteiger partial charge in [0.1, 0.15) is 23.0 Å². The van der Waals surface area contributed by atoms with E-state index in [4.69, 9.17) is 23.7 Å². The number of nitrogens with zero attached hydrogens (tertiary/aromatic N) is 2. The standard InChI is InChI=1S/C42H40N2O9/c1-5-37(29-11-21-35(22-12-29)52-41(47)31-15-19-33(20-16-31)49-27-9-10-28-50-39(45)7-3)43-44-38(6-2)30-13-23-36(24-14-30)53-42(48)32-17-25-34(26-18-32)51-40(46)8-4/h7-8,11-26H,3-6,9-10,27-28H2,1-2H3/b43-37+,44-38+. The average molecular weight is 717 g/mol. The Balaban J connectivity index is 1.30. The molecule has 0 amide bonds. The molecule has 53 heavy (non-hydrogen) atoms. The molecule has 0 atom stereocenters. The second-order valence-electron chi connectivity index (χ2n) is 11.2. The number of rotatable bonds is 18. The molecule has 0 fully saturated rings. The van der Waals surface area contributed by atoms with Gasteiger partial charge in [-0.15, -0.1) is 0 Å². The van der Waals surface area contributed by atoms with Gasteiger partial charge in [-0.2, -0.15) is 10.2 Å². The smallest absolute Gasteiger partial charge is 0.343 e. The van der Waals surface area contributed by atoms with Crippen molar-refractivity contribution in [1.29, 1.82) is 0 Å². The van der Waals surface area contributed by atoms with Crippen molar-refractivity contribution in [3.63, 3.8) is 0 Å². The van der Waals surface area contributed by atoms with E-state index in [1.807, 2.05) is 38.1 Å². The number of unbranched alkanes of at least 4 members (excludes halogenated alkanes) is 1. The van der Waals surface area contributed by atoms with Gasteiger partial charge in [0.2, 0.25) is 0 Å². The number of carbonyl (C=O) groups is 4. The molecule has 0 aromatic heterocycles. The van der Waals surface area contributed by atoms with E-state index in [2.05, 4.69) is 23.4 Å². The number of carbonyl (C=O) groups excluding carboxylic acids is 4.